The molecule has 0 bridgehead atoms. The highest BCUT2D eigenvalue weighted by Crippen LogP contribution is 2.30. The highest BCUT2D eigenvalue weighted by atomic mass is 16.6. The topological polar surface area (TPSA) is 43.4 Å². The van der Waals surface area contributed by atoms with E-state index in [-0.39, 0.29) is 11.9 Å². The van der Waals surface area contributed by atoms with Crippen molar-refractivity contribution in [3.63, 3.8) is 0 Å². The van der Waals surface area contributed by atoms with Gasteiger partial charge in [0.15, 0.2) is 0 Å². The first-order valence-electron chi connectivity index (χ1n) is 11.7. The predicted molar refractivity (Wildman–Crippen MR) is 115 cm³/mol. The Morgan fingerprint density at radius 3 is 1.59 bits per heavy atom. The summed E-state index contributed by atoms with van der Waals surface area (Å²) in [6.07, 6.45) is 18.7. The maximum absolute atomic E-state index is 12.5. The largest absolute Gasteiger partial charge is 0.393 e. The van der Waals surface area contributed by atoms with Crippen LogP contribution >= 0.6 is 0 Å². The molecule has 160 valence electrons. The average molecular weight is 383 g/mol. The minimum absolute atomic E-state index is 0.317. The van der Waals surface area contributed by atoms with E-state index in [0.717, 1.165) is 38.5 Å². The monoisotopic (exact) mass is 382 g/mol. The normalized spacial score (nSPS) is 13.3. The van der Waals surface area contributed by atoms with Crippen LogP contribution < -0.4 is 0 Å². The fourth-order valence-electron chi connectivity index (χ4n) is 3.40. The second-order valence-corrected chi connectivity index (χ2v) is 8.42. The molecule has 0 aliphatic rings. The SMILES string of the molecule is CCCCCCCCCCC(=O)OC(=O)C(C)(CC)CCCCCCCC. The molecule has 1 unspecified atom stereocenters. The lowest BCUT2D eigenvalue weighted by molar-refractivity contribution is -0.167. The molecule has 0 heterocycles. The summed E-state index contributed by atoms with van der Waals surface area (Å²) in [6, 6.07) is 0. The van der Waals surface area contributed by atoms with E-state index >= 15 is 0 Å². The van der Waals surface area contributed by atoms with E-state index in [0.29, 0.717) is 6.42 Å². The molecule has 0 rings (SSSR count). The number of carbonyl (C=O) groups excluding carboxylic acids is 2. The van der Waals surface area contributed by atoms with Crippen LogP contribution in [0.2, 0.25) is 0 Å². The molecule has 0 fully saturated rings. The van der Waals surface area contributed by atoms with Gasteiger partial charge in [-0.15, -0.1) is 0 Å². The van der Waals surface area contributed by atoms with Crippen LogP contribution in [0, 0.1) is 5.41 Å². The van der Waals surface area contributed by atoms with Crippen LogP contribution in [0.4, 0.5) is 0 Å². The minimum atomic E-state index is -0.514. The summed E-state index contributed by atoms with van der Waals surface area (Å²) in [7, 11) is 0. The molecule has 3 nitrogen and oxygen atoms in total. The van der Waals surface area contributed by atoms with Crippen molar-refractivity contribution < 1.29 is 14.3 Å². The van der Waals surface area contributed by atoms with Crippen LogP contribution in [-0.2, 0) is 14.3 Å². The summed E-state index contributed by atoms with van der Waals surface area (Å²) in [5.74, 6) is -0.656. The highest BCUT2D eigenvalue weighted by molar-refractivity contribution is 5.88. The van der Waals surface area contributed by atoms with Gasteiger partial charge in [-0.25, -0.2) is 0 Å². The molecule has 0 aliphatic heterocycles. The summed E-state index contributed by atoms with van der Waals surface area (Å²) in [5, 5.41) is 0. The predicted octanol–water partition coefficient (Wildman–Crippen LogP) is 7.75. The van der Waals surface area contributed by atoms with Gasteiger partial charge < -0.3 is 4.74 Å². The molecule has 3 heteroatoms. The van der Waals surface area contributed by atoms with Gasteiger partial charge in [0.05, 0.1) is 5.41 Å². The summed E-state index contributed by atoms with van der Waals surface area (Å²) in [4.78, 5) is 24.5. The van der Waals surface area contributed by atoms with E-state index in [2.05, 4.69) is 13.8 Å². The summed E-state index contributed by atoms with van der Waals surface area (Å²) in [6.45, 7) is 8.41. The van der Waals surface area contributed by atoms with Gasteiger partial charge >= 0.3 is 11.9 Å². The highest BCUT2D eigenvalue weighted by Gasteiger charge is 2.33. The van der Waals surface area contributed by atoms with Crippen LogP contribution in [0.5, 0.6) is 0 Å². The van der Waals surface area contributed by atoms with Gasteiger partial charge in [0.2, 0.25) is 0 Å². The molecule has 0 spiro atoms. The van der Waals surface area contributed by atoms with Crippen molar-refractivity contribution >= 4 is 11.9 Å². The first-order chi connectivity index (χ1) is 13.0. The van der Waals surface area contributed by atoms with Gasteiger partial charge in [-0.3, -0.25) is 9.59 Å². The second kappa shape index (κ2) is 17.3. The number of ether oxygens (including phenoxy) is 1. The van der Waals surface area contributed by atoms with Crippen LogP contribution in [0.25, 0.3) is 0 Å². The summed E-state index contributed by atoms with van der Waals surface area (Å²) >= 11 is 0. The number of esters is 2. The smallest absolute Gasteiger partial charge is 0.319 e. The van der Waals surface area contributed by atoms with Crippen LogP contribution in [0.1, 0.15) is 137 Å². The molecule has 0 aromatic heterocycles. The van der Waals surface area contributed by atoms with E-state index in [1.165, 1.54) is 64.2 Å². The lowest BCUT2D eigenvalue weighted by atomic mass is 9.82. The number of hydrogen-bond acceptors (Lipinski definition) is 3. The van der Waals surface area contributed by atoms with E-state index in [1.54, 1.807) is 0 Å². The Kier molecular flexibility index (Phi) is 16.7. The first kappa shape index (κ1) is 26.1. The quantitative estimate of drug-likeness (QED) is 0.138. The number of unbranched alkanes of at least 4 members (excludes halogenated alkanes) is 12. The van der Waals surface area contributed by atoms with E-state index in [9.17, 15) is 9.59 Å². The van der Waals surface area contributed by atoms with Gasteiger partial charge in [0, 0.05) is 6.42 Å². The maximum atomic E-state index is 12.5. The van der Waals surface area contributed by atoms with Gasteiger partial charge in [0.25, 0.3) is 0 Å². The Morgan fingerprint density at radius 2 is 1.11 bits per heavy atom. The Balaban J connectivity index is 3.92. The molecule has 0 aromatic rings. The lowest BCUT2D eigenvalue weighted by Gasteiger charge is -2.25. The standard InChI is InChI=1S/C24H46O3/c1-5-8-10-12-14-15-16-18-20-22(25)27-23(26)24(4,7-3)21-19-17-13-11-9-6-2/h5-21H2,1-4H3. The fourth-order valence-corrected chi connectivity index (χ4v) is 3.40. The van der Waals surface area contributed by atoms with Crippen molar-refractivity contribution in [2.24, 2.45) is 5.41 Å². The van der Waals surface area contributed by atoms with Gasteiger partial charge in [-0.05, 0) is 26.2 Å². The molecule has 0 aromatic carbocycles. The van der Waals surface area contributed by atoms with Crippen molar-refractivity contribution in [3.05, 3.63) is 0 Å². The second-order valence-electron chi connectivity index (χ2n) is 8.42. The van der Waals surface area contributed by atoms with Crippen LogP contribution in [0.3, 0.4) is 0 Å². The van der Waals surface area contributed by atoms with Crippen molar-refractivity contribution in [2.45, 2.75) is 137 Å². The van der Waals surface area contributed by atoms with Crippen molar-refractivity contribution in [1.82, 2.24) is 0 Å². The van der Waals surface area contributed by atoms with Crippen molar-refractivity contribution in [1.29, 1.82) is 0 Å². The Hall–Kier alpha value is -0.860. The molecule has 0 N–H and O–H groups in total. The number of hydrogen-bond donors (Lipinski definition) is 0. The number of carbonyl (C=O) groups is 2. The van der Waals surface area contributed by atoms with E-state index < -0.39 is 5.41 Å². The fraction of sp³-hybridized carbons (Fsp3) is 0.917. The molecule has 0 saturated carbocycles. The van der Waals surface area contributed by atoms with E-state index in [1.807, 2.05) is 13.8 Å². The van der Waals surface area contributed by atoms with Crippen LogP contribution in [0.15, 0.2) is 0 Å². The Morgan fingerprint density at radius 1 is 0.667 bits per heavy atom. The third-order valence-electron chi connectivity index (χ3n) is 5.80. The van der Waals surface area contributed by atoms with Gasteiger partial charge in [-0.1, -0.05) is 104 Å². The third kappa shape index (κ3) is 13.9. The molecule has 0 aliphatic carbocycles. The molecule has 1 atom stereocenters. The molecule has 0 amide bonds. The average Bonchev–Trinajstić information content (AvgIpc) is 2.66. The molecule has 27 heavy (non-hydrogen) atoms. The Bertz CT molecular complexity index is 378. The van der Waals surface area contributed by atoms with E-state index in [4.69, 9.17) is 4.74 Å². The van der Waals surface area contributed by atoms with Gasteiger partial charge in [-0.2, -0.15) is 0 Å². The van der Waals surface area contributed by atoms with Gasteiger partial charge in [0.1, 0.15) is 0 Å². The molecular formula is C24H46O3. The van der Waals surface area contributed by atoms with Crippen LogP contribution in [-0.4, -0.2) is 11.9 Å². The van der Waals surface area contributed by atoms with Crippen molar-refractivity contribution in [3.8, 4) is 0 Å². The summed E-state index contributed by atoms with van der Waals surface area (Å²) in [5.41, 5.74) is -0.514. The number of rotatable bonds is 18. The zero-order valence-corrected chi connectivity index (χ0v) is 18.7. The third-order valence-corrected chi connectivity index (χ3v) is 5.80. The summed E-state index contributed by atoms with van der Waals surface area (Å²) < 4.78 is 5.18. The molecular weight excluding hydrogens is 336 g/mol. The first-order valence-corrected chi connectivity index (χ1v) is 11.7. The maximum Gasteiger partial charge on any atom is 0.319 e. The molecule has 0 saturated heterocycles. The van der Waals surface area contributed by atoms with Crippen molar-refractivity contribution in [2.75, 3.05) is 0 Å². The zero-order valence-electron chi connectivity index (χ0n) is 18.7. The molecule has 0 radical (unpaired) electrons. The minimum Gasteiger partial charge on any atom is -0.393 e. The zero-order chi connectivity index (χ0) is 20.4. The Labute approximate surface area is 169 Å². The lowest BCUT2D eigenvalue weighted by Crippen LogP contribution is -2.31.